The minimum Gasteiger partial charge on any atom is -0.484 e. The molecular weight excluding hydrogens is 234 g/mol. The minimum absolute atomic E-state index is 0.119. The largest absolute Gasteiger partial charge is 0.484 e. The number of aliphatic hydroxyl groups is 1. The molecule has 5 nitrogen and oxygen atoms in total. The van der Waals surface area contributed by atoms with Gasteiger partial charge in [-0.2, -0.15) is 0 Å². The highest BCUT2D eigenvalue weighted by Gasteiger charge is 2.50. The second kappa shape index (κ2) is 4.65. The van der Waals surface area contributed by atoms with E-state index in [9.17, 15) is 14.7 Å². The molecule has 2 rings (SSSR count). The number of ketones is 1. The van der Waals surface area contributed by atoms with Crippen LogP contribution in [0.2, 0.25) is 0 Å². The predicted octanol–water partition coefficient (Wildman–Crippen LogP) is 1.15. The molecule has 0 spiro atoms. The van der Waals surface area contributed by atoms with Crippen molar-refractivity contribution in [3.8, 4) is 0 Å². The summed E-state index contributed by atoms with van der Waals surface area (Å²) in [5.74, 6) is -0.993. The molecule has 0 aromatic rings. The summed E-state index contributed by atoms with van der Waals surface area (Å²) in [6, 6.07) is 0. The first-order chi connectivity index (χ1) is 8.48. The van der Waals surface area contributed by atoms with Crippen LogP contribution < -0.4 is 0 Å². The van der Waals surface area contributed by atoms with Crippen molar-refractivity contribution in [3.05, 3.63) is 11.3 Å². The summed E-state index contributed by atoms with van der Waals surface area (Å²) in [4.78, 5) is 27.0. The number of ether oxygens (including phenoxy) is 1. The summed E-state index contributed by atoms with van der Waals surface area (Å²) < 4.78 is 5.55. The molecule has 0 unspecified atom stereocenters. The number of hydrogen-bond donors (Lipinski definition) is 1. The van der Waals surface area contributed by atoms with E-state index in [4.69, 9.17) is 4.74 Å². The third-order valence-corrected chi connectivity index (χ3v) is 3.41. The van der Waals surface area contributed by atoms with Crippen molar-refractivity contribution in [3.63, 3.8) is 0 Å². The van der Waals surface area contributed by atoms with Crippen LogP contribution in [0.25, 0.3) is 0 Å². The first-order valence-corrected chi connectivity index (χ1v) is 6.25. The van der Waals surface area contributed by atoms with Crippen LogP contribution in [0, 0.1) is 0 Å². The first kappa shape index (κ1) is 13.0. The number of amides is 1. The van der Waals surface area contributed by atoms with Gasteiger partial charge in [-0.3, -0.25) is 9.59 Å². The van der Waals surface area contributed by atoms with E-state index in [1.165, 1.54) is 13.1 Å². The number of Topliss-reactive ketones (excluding diaryl/α,β-unsaturated/α-hetero) is 1. The molecule has 18 heavy (non-hydrogen) atoms. The molecule has 0 saturated heterocycles. The van der Waals surface area contributed by atoms with Gasteiger partial charge in [0.2, 0.25) is 5.78 Å². The van der Waals surface area contributed by atoms with E-state index < -0.39 is 23.4 Å². The maximum Gasteiger partial charge on any atom is 0.284 e. The third kappa shape index (κ3) is 1.99. The molecule has 2 aliphatic rings. The molecule has 5 heteroatoms. The number of carbonyl (C=O) groups is 2. The lowest BCUT2D eigenvalue weighted by Gasteiger charge is -2.35. The molecule has 0 aliphatic carbocycles. The van der Waals surface area contributed by atoms with Crippen LogP contribution >= 0.6 is 0 Å². The molecule has 0 fully saturated rings. The Morgan fingerprint density at radius 1 is 1.44 bits per heavy atom. The van der Waals surface area contributed by atoms with E-state index in [1.807, 2.05) is 0 Å². The average Bonchev–Trinajstić information content (AvgIpc) is 2.67. The second-order valence-electron chi connectivity index (χ2n) is 4.88. The molecule has 2 atom stereocenters. The molecule has 0 aromatic carbocycles. The van der Waals surface area contributed by atoms with Crippen LogP contribution in [-0.4, -0.2) is 34.7 Å². The van der Waals surface area contributed by atoms with Gasteiger partial charge in [-0.1, -0.05) is 19.8 Å². The topological polar surface area (TPSA) is 76.0 Å². The molecule has 2 heterocycles. The molecule has 0 radical (unpaired) electrons. The highest BCUT2D eigenvalue weighted by atomic mass is 16.5. The molecule has 0 aromatic heterocycles. The number of aliphatic imine (C=N–C) groups is 1. The van der Waals surface area contributed by atoms with Crippen molar-refractivity contribution in [2.24, 2.45) is 4.99 Å². The fourth-order valence-electron chi connectivity index (χ4n) is 2.24. The maximum atomic E-state index is 12.1. The molecule has 0 bridgehead atoms. The molecule has 98 valence electrons. The second-order valence-corrected chi connectivity index (χ2v) is 4.88. The maximum absolute atomic E-state index is 12.1. The summed E-state index contributed by atoms with van der Waals surface area (Å²) in [6.07, 6.45) is 4.19. The van der Waals surface area contributed by atoms with Crippen molar-refractivity contribution in [2.45, 2.75) is 51.2 Å². The van der Waals surface area contributed by atoms with Gasteiger partial charge in [-0.05, 0) is 19.8 Å². The van der Waals surface area contributed by atoms with E-state index in [0.717, 1.165) is 19.3 Å². The van der Waals surface area contributed by atoms with E-state index in [-0.39, 0.29) is 11.3 Å². The zero-order valence-corrected chi connectivity index (χ0v) is 10.6. The van der Waals surface area contributed by atoms with Gasteiger partial charge in [-0.25, -0.2) is 4.99 Å². The van der Waals surface area contributed by atoms with Crippen molar-refractivity contribution < 1.29 is 19.4 Å². The lowest BCUT2D eigenvalue weighted by atomic mass is 9.84. The number of nitrogens with zero attached hydrogens (tertiary/aromatic N) is 1. The average molecular weight is 251 g/mol. The fraction of sp³-hybridized carbons (Fsp3) is 0.615. The van der Waals surface area contributed by atoms with Gasteiger partial charge in [-0.15, -0.1) is 0 Å². The van der Waals surface area contributed by atoms with Crippen LogP contribution in [0.3, 0.4) is 0 Å². The number of carbonyl (C=O) groups excluding carboxylic acids is 2. The Labute approximate surface area is 106 Å². The van der Waals surface area contributed by atoms with Crippen LogP contribution in [-0.2, 0) is 14.3 Å². The van der Waals surface area contributed by atoms with E-state index >= 15 is 0 Å². The van der Waals surface area contributed by atoms with Gasteiger partial charge in [0.1, 0.15) is 11.7 Å². The zero-order chi connectivity index (χ0) is 13.3. The van der Waals surface area contributed by atoms with E-state index in [2.05, 4.69) is 11.9 Å². The highest BCUT2D eigenvalue weighted by molar-refractivity contribution is 6.29. The number of rotatable bonds is 4. The summed E-state index contributed by atoms with van der Waals surface area (Å²) in [5.41, 5.74) is -1.76. The monoisotopic (exact) mass is 251 g/mol. The molecular formula is C13H17NO4. The lowest BCUT2D eigenvalue weighted by Crippen LogP contribution is -2.52. The Hall–Kier alpha value is -1.49. The molecule has 0 saturated carbocycles. The van der Waals surface area contributed by atoms with Crippen molar-refractivity contribution >= 4 is 17.9 Å². The van der Waals surface area contributed by atoms with Crippen LogP contribution in [0.15, 0.2) is 16.3 Å². The van der Waals surface area contributed by atoms with E-state index in [0.29, 0.717) is 6.42 Å². The standard InChI is InChI=1S/C13H17NO4/c1-3-4-5-6-9-13(2,17)11(15)10-8(18-9)7-14-12(10)16/h7,9,17H,3-6H2,1-2H3/t9-,13-/m0/s1. The highest BCUT2D eigenvalue weighted by Crippen LogP contribution is 2.33. The first-order valence-electron chi connectivity index (χ1n) is 6.25. The van der Waals surface area contributed by atoms with Crippen molar-refractivity contribution in [2.75, 3.05) is 0 Å². The Bertz CT molecular complexity index is 448. The fourth-order valence-corrected chi connectivity index (χ4v) is 2.24. The Morgan fingerprint density at radius 3 is 2.83 bits per heavy atom. The predicted molar refractivity (Wildman–Crippen MR) is 65.2 cm³/mol. The normalized spacial score (nSPS) is 30.7. The molecule has 1 amide bonds. The van der Waals surface area contributed by atoms with Gasteiger partial charge in [0, 0.05) is 0 Å². The van der Waals surface area contributed by atoms with Gasteiger partial charge in [0.05, 0.1) is 6.21 Å². The summed E-state index contributed by atoms with van der Waals surface area (Å²) in [6.45, 7) is 3.48. The summed E-state index contributed by atoms with van der Waals surface area (Å²) >= 11 is 0. The van der Waals surface area contributed by atoms with E-state index in [1.54, 1.807) is 0 Å². The van der Waals surface area contributed by atoms with Crippen molar-refractivity contribution in [1.29, 1.82) is 0 Å². The number of allylic oxidation sites excluding steroid dienone is 1. The molecule has 2 aliphatic heterocycles. The van der Waals surface area contributed by atoms with Gasteiger partial charge in [0.25, 0.3) is 5.91 Å². The quantitative estimate of drug-likeness (QED) is 0.600. The Balaban J connectivity index is 2.20. The van der Waals surface area contributed by atoms with Gasteiger partial charge in [0.15, 0.2) is 11.4 Å². The van der Waals surface area contributed by atoms with Crippen LogP contribution in [0.4, 0.5) is 0 Å². The van der Waals surface area contributed by atoms with Gasteiger partial charge >= 0.3 is 0 Å². The number of unbranched alkanes of at least 4 members (excludes halogenated alkanes) is 2. The SMILES string of the molecule is CCCCC[C@@H]1OC2=C(C(=O)N=C2)C(=O)[C@@]1(C)O. The smallest absolute Gasteiger partial charge is 0.284 e. The van der Waals surface area contributed by atoms with Crippen molar-refractivity contribution in [1.82, 2.24) is 0 Å². The summed E-state index contributed by atoms with van der Waals surface area (Å²) in [5, 5.41) is 10.3. The Morgan fingerprint density at radius 2 is 2.17 bits per heavy atom. The Kier molecular flexibility index (Phi) is 3.34. The van der Waals surface area contributed by atoms with Crippen LogP contribution in [0.1, 0.15) is 39.5 Å². The zero-order valence-electron chi connectivity index (χ0n) is 10.6. The minimum atomic E-state index is -1.64. The lowest BCUT2D eigenvalue weighted by molar-refractivity contribution is -0.151. The van der Waals surface area contributed by atoms with Crippen LogP contribution in [0.5, 0.6) is 0 Å². The van der Waals surface area contributed by atoms with Gasteiger partial charge < -0.3 is 9.84 Å². The summed E-state index contributed by atoms with van der Waals surface area (Å²) in [7, 11) is 0. The third-order valence-electron chi connectivity index (χ3n) is 3.41. The number of hydrogen-bond acceptors (Lipinski definition) is 4. The molecule has 1 N–H and O–H groups in total.